The number of urea groups is 1. The van der Waals surface area contributed by atoms with Gasteiger partial charge in [-0.05, 0) is 42.8 Å². The number of aromatic nitrogens is 1. The highest BCUT2D eigenvalue weighted by atomic mass is 35.5. The molecule has 1 aromatic carbocycles. The SMILES string of the molecule is C=CC(F)(F)c1ccc(NC(C)C2CN(C(=O)N3CCN(S(C)(=O)=O)CC3)CC2c2ccc(Cl)c(Cl)c2)nc1. The van der Waals surface area contributed by atoms with Crippen LogP contribution in [0.25, 0.3) is 0 Å². The number of anilines is 1. The van der Waals surface area contributed by atoms with E-state index in [9.17, 15) is 22.0 Å². The number of rotatable bonds is 7. The van der Waals surface area contributed by atoms with Gasteiger partial charge in [-0.1, -0.05) is 35.8 Å². The van der Waals surface area contributed by atoms with Crippen molar-refractivity contribution in [2.24, 2.45) is 5.92 Å². The summed E-state index contributed by atoms with van der Waals surface area (Å²) in [5, 5.41) is 4.14. The number of alkyl halides is 2. The Morgan fingerprint density at radius 2 is 1.82 bits per heavy atom. The summed E-state index contributed by atoms with van der Waals surface area (Å²) in [7, 11) is -3.31. The number of nitrogens with zero attached hydrogens (tertiary/aromatic N) is 4. The number of hydrogen-bond donors (Lipinski definition) is 1. The fourth-order valence-corrected chi connectivity index (χ4v) is 6.27. The van der Waals surface area contributed by atoms with Crippen LogP contribution in [0.4, 0.5) is 19.4 Å². The van der Waals surface area contributed by atoms with E-state index >= 15 is 0 Å². The Balaban J connectivity index is 1.52. The van der Waals surface area contributed by atoms with Gasteiger partial charge in [0.05, 0.1) is 16.3 Å². The lowest BCUT2D eigenvalue weighted by molar-refractivity contribution is 0.0522. The molecule has 8 nitrogen and oxygen atoms in total. The number of sulfonamides is 1. The number of allylic oxidation sites excluding steroid dienone is 1. The highest BCUT2D eigenvalue weighted by Crippen LogP contribution is 2.38. The van der Waals surface area contributed by atoms with E-state index in [0.29, 0.717) is 48.1 Å². The van der Waals surface area contributed by atoms with Gasteiger partial charge in [0.15, 0.2) is 0 Å². The smallest absolute Gasteiger partial charge is 0.320 e. The Morgan fingerprint density at radius 1 is 1.13 bits per heavy atom. The van der Waals surface area contributed by atoms with Crippen LogP contribution >= 0.6 is 23.2 Å². The first-order valence-electron chi connectivity index (χ1n) is 12.5. The third-order valence-electron chi connectivity index (χ3n) is 7.41. The first-order valence-corrected chi connectivity index (χ1v) is 15.1. The summed E-state index contributed by atoms with van der Waals surface area (Å²) in [6.45, 7) is 7.11. The van der Waals surface area contributed by atoms with E-state index in [0.717, 1.165) is 11.8 Å². The van der Waals surface area contributed by atoms with Crippen LogP contribution in [0.2, 0.25) is 10.0 Å². The standard InChI is InChI=1S/C26H31Cl2F2N5O3S/c1-4-26(29,30)19-6-8-24(31-14-19)32-17(2)20-15-34(16-21(20)18-5-7-22(27)23(28)13-18)25(36)33-9-11-35(12-10-33)39(3,37)38/h4-8,13-14,17,20-21H,1,9-12,15-16H2,2-3H3,(H,31,32). The Bertz CT molecular complexity index is 1320. The van der Waals surface area contributed by atoms with Gasteiger partial charge in [-0.2, -0.15) is 13.1 Å². The molecule has 2 aliphatic heterocycles. The fraction of sp³-hybridized carbons (Fsp3) is 0.462. The predicted molar refractivity (Wildman–Crippen MR) is 149 cm³/mol. The van der Waals surface area contributed by atoms with E-state index in [4.69, 9.17) is 23.2 Å². The van der Waals surface area contributed by atoms with Crippen LogP contribution in [-0.2, 0) is 15.9 Å². The van der Waals surface area contributed by atoms with Crippen LogP contribution in [0.15, 0.2) is 49.2 Å². The van der Waals surface area contributed by atoms with Gasteiger partial charge >= 0.3 is 6.03 Å². The van der Waals surface area contributed by atoms with Gasteiger partial charge in [-0.15, -0.1) is 0 Å². The van der Waals surface area contributed by atoms with Crippen LogP contribution in [0.3, 0.4) is 0 Å². The lowest BCUT2D eigenvalue weighted by Crippen LogP contribution is -2.53. The monoisotopic (exact) mass is 601 g/mol. The Labute approximate surface area is 237 Å². The van der Waals surface area contributed by atoms with Crippen LogP contribution < -0.4 is 5.32 Å². The molecule has 1 aromatic heterocycles. The largest absolute Gasteiger partial charge is 0.367 e. The average Bonchev–Trinajstić information content (AvgIpc) is 3.35. The van der Waals surface area contributed by atoms with Crippen LogP contribution in [0.5, 0.6) is 0 Å². The third-order valence-corrected chi connectivity index (χ3v) is 9.45. The van der Waals surface area contributed by atoms with Crippen molar-refractivity contribution in [1.82, 2.24) is 19.1 Å². The number of likely N-dealkylation sites (tertiary alicyclic amines) is 1. The second-order valence-corrected chi connectivity index (χ2v) is 12.8. The summed E-state index contributed by atoms with van der Waals surface area (Å²) in [6.07, 6.45) is 2.86. The summed E-state index contributed by atoms with van der Waals surface area (Å²) >= 11 is 12.5. The molecule has 2 aliphatic rings. The van der Waals surface area contributed by atoms with Crippen molar-refractivity contribution in [3.05, 3.63) is 70.4 Å². The van der Waals surface area contributed by atoms with Crippen molar-refractivity contribution >= 4 is 45.1 Å². The molecule has 3 heterocycles. The molecule has 4 rings (SSSR count). The van der Waals surface area contributed by atoms with Crippen LogP contribution in [-0.4, -0.2) is 85.1 Å². The number of carbonyl (C=O) groups is 1. The normalized spacial score (nSPS) is 21.6. The highest BCUT2D eigenvalue weighted by Gasteiger charge is 2.41. The Morgan fingerprint density at radius 3 is 2.38 bits per heavy atom. The third kappa shape index (κ3) is 6.65. The van der Waals surface area contributed by atoms with Gasteiger partial charge in [-0.3, -0.25) is 0 Å². The maximum atomic E-state index is 13.9. The quantitative estimate of drug-likeness (QED) is 0.457. The zero-order valence-electron chi connectivity index (χ0n) is 21.7. The molecule has 3 atom stereocenters. The maximum Gasteiger partial charge on any atom is 0.320 e. The molecule has 0 bridgehead atoms. The second kappa shape index (κ2) is 11.6. The second-order valence-electron chi connectivity index (χ2n) is 9.97. The van der Waals surface area contributed by atoms with Crippen molar-refractivity contribution in [1.29, 1.82) is 0 Å². The molecule has 0 radical (unpaired) electrons. The summed E-state index contributed by atoms with van der Waals surface area (Å²) in [5.74, 6) is -2.90. The number of piperazine rings is 1. The molecule has 3 unspecified atom stereocenters. The molecule has 1 N–H and O–H groups in total. The van der Waals surface area contributed by atoms with Gasteiger partial charge in [0.2, 0.25) is 10.0 Å². The number of pyridine rings is 1. The molecule has 2 saturated heterocycles. The first kappa shape index (κ1) is 29.5. The Hall–Kier alpha value is -2.47. The first-order chi connectivity index (χ1) is 18.3. The molecule has 39 heavy (non-hydrogen) atoms. The molecule has 0 aliphatic carbocycles. The number of nitrogens with one attached hydrogen (secondary N) is 1. The number of amides is 2. The van der Waals surface area contributed by atoms with Gasteiger partial charge in [0, 0.05) is 68.9 Å². The molecular weight excluding hydrogens is 571 g/mol. The van der Waals surface area contributed by atoms with E-state index in [2.05, 4.69) is 16.9 Å². The summed E-state index contributed by atoms with van der Waals surface area (Å²) in [4.78, 5) is 21.1. The predicted octanol–water partition coefficient (Wildman–Crippen LogP) is 4.88. The zero-order chi connectivity index (χ0) is 28.5. The molecular formula is C26H31Cl2F2N5O3S. The Kier molecular flexibility index (Phi) is 8.75. The van der Waals surface area contributed by atoms with E-state index in [1.54, 1.807) is 21.9 Å². The van der Waals surface area contributed by atoms with Crippen molar-refractivity contribution in [2.75, 3.05) is 50.8 Å². The maximum absolute atomic E-state index is 13.9. The van der Waals surface area contributed by atoms with Gasteiger partial charge in [0.25, 0.3) is 5.92 Å². The van der Waals surface area contributed by atoms with E-state index in [1.807, 2.05) is 13.0 Å². The number of benzene rings is 1. The molecule has 2 aromatic rings. The van der Waals surface area contributed by atoms with Gasteiger partial charge in [-0.25, -0.2) is 18.2 Å². The molecule has 13 heteroatoms. The van der Waals surface area contributed by atoms with Crippen LogP contribution in [0.1, 0.15) is 24.0 Å². The minimum absolute atomic E-state index is 0.0698. The van der Waals surface area contributed by atoms with E-state index < -0.39 is 15.9 Å². The van der Waals surface area contributed by atoms with Crippen molar-refractivity contribution in [3.8, 4) is 0 Å². The number of halogens is 4. The topological polar surface area (TPSA) is 85.9 Å². The minimum atomic E-state index is -3.31. The lowest BCUT2D eigenvalue weighted by atomic mass is 9.84. The van der Waals surface area contributed by atoms with Crippen molar-refractivity contribution in [3.63, 3.8) is 0 Å². The summed E-state index contributed by atoms with van der Waals surface area (Å²) < 4.78 is 52.9. The van der Waals surface area contributed by atoms with Crippen LogP contribution in [0, 0.1) is 5.92 Å². The van der Waals surface area contributed by atoms with E-state index in [-0.39, 0.29) is 42.6 Å². The minimum Gasteiger partial charge on any atom is -0.367 e. The van der Waals surface area contributed by atoms with Gasteiger partial charge < -0.3 is 15.1 Å². The van der Waals surface area contributed by atoms with E-state index in [1.165, 1.54) is 22.7 Å². The fourth-order valence-electron chi connectivity index (χ4n) is 5.13. The van der Waals surface area contributed by atoms with Gasteiger partial charge in [0.1, 0.15) is 5.82 Å². The molecule has 0 saturated carbocycles. The van der Waals surface area contributed by atoms with Crippen molar-refractivity contribution in [2.45, 2.75) is 24.8 Å². The molecule has 0 spiro atoms. The van der Waals surface area contributed by atoms with Crippen molar-refractivity contribution < 1.29 is 22.0 Å². The summed E-state index contributed by atoms with van der Waals surface area (Å²) in [5.41, 5.74) is 0.673. The lowest BCUT2D eigenvalue weighted by Gasteiger charge is -2.35. The molecule has 212 valence electrons. The number of hydrogen-bond acceptors (Lipinski definition) is 5. The average molecular weight is 603 g/mol. The summed E-state index contributed by atoms with van der Waals surface area (Å²) in [6, 6.07) is 7.87. The molecule has 2 fully saturated rings. The number of carbonyl (C=O) groups excluding carboxylic acids is 1. The zero-order valence-corrected chi connectivity index (χ0v) is 24.0. The molecule has 2 amide bonds. The highest BCUT2D eigenvalue weighted by molar-refractivity contribution is 7.88.